The Morgan fingerprint density at radius 1 is 1.39 bits per heavy atom. The molecular formula is C16H23NO. The van der Waals surface area contributed by atoms with E-state index >= 15 is 0 Å². The molecule has 0 amide bonds. The van der Waals surface area contributed by atoms with Crippen LogP contribution in [0.2, 0.25) is 0 Å². The highest BCUT2D eigenvalue weighted by molar-refractivity contribution is 6.00. The average Bonchev–Trinajstić information content (AvgIpc) is 2.34. The maximum atomic E-state index is 4.91. The summed E-state index contributed by atoms with van der Waals surface area (Å²) in [4.78, 5) is 4.91. The van der Waals surface area contributed by atoms with Crippen molar-refractivity contribution >= 4 is 5.71 Å². The number of oxime groups is 1. The van der Waals surface area contributed by atoms with Gasteiger partial charge in [-0.1, -0.05) is 44.1 Å². The number of benzene rings is 1. The molecule has 2 nitrogen and oxygen atoms in total. The van der Waals surface area contributed by atoms with Crippen LogP contribution < -0.4 is 0 Å². The summed E-state index contributed by atoms with van der Waals surface area (Å²) in [7, 11) is 1.60. The van der Waals surface area contributed by atoms with Crippen LogP contribution in [0, 0.1) is 5.92 Å². The zero-order chi connectivity index (χ0) is 13.3. The molecule has 0 radical (unpaired) electrons. The molecule has 0 saturated carbocycles. The summed E-state index contributed by atoms with van der Waals surface area (Å²) in [5, 5.41) is 4.09. The van der Waals surface area contributed by atoms with Crippen molar-refractivity contribution in [1.29, 1.82) is 0 Å². The molecule has 0 saturated heterocycles. The van der Waals surface area contributed by atoms with Crippen LogP contribution >= 0.6 is 0 Å². The van der Waals surface area contributed by atoms with Crippen LogP contribution in [0.4, 0.5) is 0 Å². The van der Waals surface area contributed by atoms with Gasteiger partial charge in [0.05, 0.1) is 5.71 Å². The van der Waals surface area contributed by atoms with E-state index in [9.17, 15) is 0 Å². The van der Waals surface area contributed by atoms with E-state index in [0.717, 1.165) is 18.1 Å². The van der Waals surface area contributed by atoms with Gasteiger partial charge in [0.15, 0.2) is 0 Å². The zero-order valence-electron chi connectivity index (χ0n) is 12.1. The van der Waals surface area contributed by atoms with Gasteiger partial charge in [0.1, 0.15) is 7.11 Å². The first-order valence-electron chi connectivity index (χ1n) is 6.69. The first-order chi connectivity index (χ1) is 8.48. The lowest BCUT2D eigenvalue weighted by molar-refractivity contribution is 0.213. The third-order valence-corrected chi connectivity index (χ3v) is 4.55. The van der Waals surface area contributed by atoms with E-state index in [1.807, 2.05) is 6.92 Å². The number of rotatable bonds is 2. The maximum Gasteiger partial charge on any atom is 0.106 e. The van der Waals surface area contributed by atoms with Gasteiger partial charge in [-0.15, -0.1) is 0 Å². The molecule has 0 aromatic heterocycles. The lowest BCUT2D eigenvalue weighted by Crippen LogP contribution is -2.33. The molecule has 2 heteroatoms. The molecule has 1 aromatic carbocycles. The van der Waals surface area contributed by atoms with Gasteiger partial charge in [-0.05, 0) is 42.2 Å². The maximum absolute atomic E-state index is 4.91. The first-order valence-corrected chi connectivity index (χ1v) is 6.69. The van der Waals surface area contributed by atoms with E-state index in [-0.39, 0.29) is 5.41 Å². The second kappa shape index (κ2) is 4.75. The molecule has 0 aliphatic heterocycles. The van der Waals surface area contributed by atoms with Gasteiger partial charge in [-0.3, -0.25) is 0 Å². The molecule has 1 unspecified atom stereocenters. The summed E-state index contributed by atoms with van der Waals surface area (Å²) < 4.78 is 0. The Morgan fingerprint density at radius 3 is 2.78 bits per heavy atom. The molecule has 0 fully saturated rings. The van der Waals surface area contributed by atoms with Crippen LogP contribution in [0.5, 0.6) is 0 Å². The topological polar surface area (TPSA) is 21.6 Å². The number of fused-ring (bicyclic) bond motifs is 1. The van der Waals surface area contributed by atoms with Crippen LogP contribution in [0.15, 0.2) is 23.4 Å². The van der Waals surface area contributed by atoms with Crippen molar-refractivity contribution in [1.82, 2.24) is 0 Å². The Balaban J connectivity index is 2.56. The molecule has 1 aliphatic rings. The smallest absolute Gasteiger partial charge is 0.106 e. The predicted molar refractivity (Wildman–Crippen MR) is 76.2 cm³/mol. The summed E-state index contributed by atoms with van der Waals surface area (Å²) in [6.07, 6.45) is 2.39. The summed E-state index contributed by atoms with van der Waals surface area (Å²) in [5.41, 5.74) is 5.40. The fourth-order valence-electron chi connectivity index (χ4n) is 2.97. The highest BCUT2D eigenvalue weighted by atomic mass is 16.6. The molecule has 1 aliphatic carbocycles. The van der Waals surface area contributed by atoms with Crippen LogP contribution in [-0.2, 0) is 16.7 Å². The van der Waals surface area contributed by atoms with Crippen molar-refractivity contribution in [2.45, 2.75) is 46.0 Å². The molecule has 0 spiro atoms. The summed E-state index contributed by atoms with van der Waals surface area (Å²) in [6, 6.07) is 6.57. The van der Waals surface area contributed by atoms with Gasteiger partial charge in [-0.2, -0.15) is 0 Å². The van der Waals surface area contributed by atoms with Crippen LogP contribution in [0.25, 0.3) is 0 Å². The quantitative estimate of drug-likeness (QED) is 0.571. The fourth-order valence-corrected chi connectivity index (χ4v) is 2.97. The van der Waals surface area contributed by atoms with Crippen molar-refractivity contribution in [3.05, 3.63) is 34.9 Å². The molecule has 1 atom stereocenters. The van der Waals surface area contributed by atoms with Crippen molar-refractivity contribution in [2.24, 2.45) is 11.1 Å². The van der Waals surface area contributed by atoms with Gasteiger partial charge < -0.3 is 4.84 Å². The molecule has 18 heavy (non-hydrogen) atoms. The third kappa shape index (κ3) is 2.05. The van der Waals surface area contributed by atoms with Crippen molar-refractivity contribution in [2.75, 3.05) is 7.11 Å². The number of hydrogen-bond acceptors (Lipinski definition) is 2. The summed E-state index contributed by atoms with van der Waals surface area (Å²) in [6.45, 7) is 9.07. The average molecular weight is 245 g/mol. The summed E-state index contributed by atoms with van der Waals surface area (Å²) in [5.74, 6) is 0.722. The van der Waals surface area contributed by atoms with Gasteiger partial charge in [0.25, 0.3) is 0 Å². The minimum Gasteiger partial charge on any atom is -0.399 e. The van der Waals surface area contributed by atoms with E-state index in [2.05, 4.69) is 44.1 Å². The van der Waals surface area contributed by atoms with E-state index in [1.54, 1.807) is 7.11 Å². The minimum absolute atomic E-state index is 0.247. The highest BCUT2D eigenvalue weighted by Crippen LogP contribution is 2.42. The third-order valence-electron chi connectivity index (χ3n) is 4.55. The van der Waals surface area contributed by atoms with E-state index in [4.69, 9.17) is 4.84 Å². The second-order valence-corrected chi connectivity index (χ2v) is 5.85. The highest BCUT2D eigenvalue weighted by Gasteiger charge is 2.34. The number of hydrogen-bond donors (Lipinski definition) is 0. The van der Waals surface area contributed by atoms with Crippen LogP contribution in [0.1, 0.15) is 50.8 Å². The van der Waals surface area contributed by atoms with Gasteiger partial charge >= 0.3 is 0 Å². The van der Waals surface area contributed by atoms with Gasteiger partial charge in [0, 0.05) is 5.56 Å². The zero-order valence-corrected chi connectivity index (χ0v) is 12.1. The molecule has 0 N–H and O–H groups in total. The molecule has 0 bridgehead atoms. The summed E-state index contributed by atoms with van der Waals surface area (Å²) >= 11 is 0. The fraction of sp³-hybridized carbons (Fsp3) is 0.562. The minimum atomic E-state index is 0.247. The lowest BCUT2D eigenvalue weighted by Gasteiger charge is -2.39. The Bertz CT molecular complexity index is 474. The standard InChI is InChI=1S/C16H23NO/c1-11-9-10-14-13(12(2)17-18-5)7-6-8-15(14)16(11,3)4/h6-8,11H,9-10H2,1-5H3/b17-12-. The Kier molecular flexibility index (Phi) is 3.47. The predicted octanol–water partition coefficient (Wildman–Crippen LogP) is 3.92. The Morgan fingerprint density at radius 2 is 2.11 bits per heavy atom. The van der Waals surface area contributed by atoms with E-state index in [1.165, 1.54) is 23.1 Å². The van der Waals surface area contributed by atoms with E-state index in [0.29, 0.717) is 0 Å². The van der Waals surface area contributed by atoms with Gasteiger partial charge in [-0.25, -0.2) is 0 Å². The lowest BCUT2D eigenvalue weighted by atomic mass is 9.65. The normalized spacial score (nSPS) is 22.5. The van der Waals surface area contributed by atoms with E-state index < -0.39 is 0 Å². The Hall–Kier alpha value is -1.31. The van der Waals surface area contributed by atoms with Gasteiger partial charge in [0.2, 0.25) is 0 Å². The molecule has 0 heterocycles. The second-order valence-electron chi connectivity index (χ2n) is 5.85. The SMILES string of the molecule is CO/N=C(/C)c1cccc2c1CCC(C)C2(C)C. The van der Waals surface area contributed by atoms with Crippen LogP contribution in [-0.4, -0.2) is 12.8 Å². The molecule has 2 rings (SSSR count). The molecule has 1 aromatic rings. The van der Waals surface area contributed by atoms with Crippen molar-refractivity contribution in [3.8, 4) is 0 Å². The largest absolute Gasteiger partial charge is 0.399 e. The monoisotopic (exact) mass is 245 g/mol. The molecule has 98 valence electrons. The van der Waals surface area contributed by atoms with Crippen molar-refractivity contribution in [3.63, 3.8) is 0 Å². The van der Waals surface area contributed by atoms with Crippen molar-refractivity contribution < 1.29 is 4.84 Å². The number of nitrogens with zero attached hydrogens (tertiary/aromatic N) is 1. The van der Waals surface area contributed by atoms with Crippen LogP contribution in [0.3, 0.4) is 0 Å². The first kappa shape index (κ1) is 13.1. The molecular weight excluding hydrogens is 222 g/mol. The Labute approximate surface area is 110 Å².